The minimum atomic E-state index is -0.193. The van der Waals surface area contributed by atoms with Crippen molar-refractivity contribution in [3.05, 3.63) is 0 Å². The molecule has 4 heteroatoms. The predicted molar refractivity (Wildman–Crippen MR) is 49.4 cm³/mol. The van der Waals surface area contributed by atoms with Crippen molar-refractivity contribution in [2.75, 3.05) is 7.11 Å². The van der Waals surface area contributed by atoms with Crippen molar-refractivity contribution in [3.63, 3.8) is 0 Å². The van der Waals surface area contributed by atoms with Gasteiger partial charge in [-0.05, 0) is 24.7 Å². The number of hydrogen-bond donors (Lipinski definition) is 1. The Hall–Kier alpha value is -1.06. The molecule has 2 saturated carbocycles. The molecule has 78 valence electrons. The van der Waals surface area contributed by atoms with Crippen molar-refractivity contribution >= 4 is 12.4 Å². The Kier molecular flexibility index (Phi) is 2.21. The monoisotopic (exact) mass is 197 g/mol. The fraction of sp³-hybridized carbons (Fsp3) is 0.800. The lowest BCUT2D eigenvalue weighted by Gasteiger charge is -2.59. The maximum absolute atomic E-state index is 11.3. The number of esters is 1. The largest absolute Gasteiger partial charge is 0.469 e. The van der Waals surface area contributed by atoms with Crippen LogP contribution in [-0.4, -0.2) is 25.5 Å². The van der Waals surface area contributed by atoms with Crippen molar-refractivity contribution in [2.24, 2.45) is 11.3 Å². The van der Waals surface area contributed by atoms with E-state index in [0.29, 0.717) is 6.41 Å². The normalized spacial score (nSPS) is 32.6. The minimum absolute atomic E-state index is 0.0150. The summed E-state index contributed by atoms with van der Waals surface area (Å²) in [7, 11) is 1.39. The molecule has 2 aliphatic carbocycles. The average Bonchev–Trinajstić information content (AvgIpc) is 2.10. The number of amides is 1. The molecule has 1 spiro atoms. The zero-order valence-electron chi connectivity index (χ0n) is 8.29. The van der Waals surface area contributed by atoms with Crippen LogP contribution in [0.25, 0.3) is 0 Å². The molecule has 0 heterocycles. The second-order valence-electron chi connectivity index (χ2n) is 4.31. The highest BCUT2D eigenvalue weighted by molar-refractivity contribution is 5.75. The van der Waals surface area contributed by atoms with Gasteiger partial charge >= 0.3 is 5.97 Å². The van der Waals surface area contributed by atoms with E-state index in [1.165, 1.54) is 13.5 Å². The van der Waals surface area contributed by atoms with E-state index < -0.39 is 0 Å². The Morgan fingerprint density at radius 2 is 2.29 bits per heavy atom. The van der Waals surface area contributed by atoms with Gasteiger partial charge in [-0.2, -0.15) is 0 Å². The van der Waals surface area contributed by atoms with Gasteiger partial charge in [0.15, 0.2) is 0 Å². The van der Waals surface area contributed by atoms with Gasteiger partial charge in [0.2, 0.25) is 6.41 Å². The molecule has 1 N–H and O–H groups in total. The molecule has 0 aromatic rings. The maximum atomic E-state index is 11.3. The van der Waals surface area contributed by atoms with E-state index in [-0.39, 0.29) is 23.3 Å². The van der Waals surface area contributed by atoms with Crippen molar-refractivity contribution in [1.82, 2.24) is 5.32 Å². The lowest BCUT2D eigenvalue weighted by molar-refractivity contribution is -0.164. The van der Waals surface area contributed by atoms with E-state index in [1.54, 1.807) is 0 Å². The van der Waals surface area contributed by atoms with Crippen LogP contribution in [0, 0.1) is 11.3 Å². The van der Waals surface area contributed by atoms with Crippen molar-refractivity contribution in [1.29, 1.82) is 0 Å². The molecule has 0 aliphatic heterocycles. The number of ether oxygens (including phenoxy) is 1. The average molecular weight is 197 g/mol. The lowest BCUT2D eigenvalue weighted by Crippen LogP contribution is -2.64. The van der Waals surface area contributed by atoms with Crippen molar-refractivity contribution in [2.45, 2.75) is 31.7 Å². The Balaban J connectivity index is 2.02. The van der Waals surface area contributed by atoms with Crippen LogP contribution in [0.4, 0.5) is 0 Å². The van der Waals surface area contributed by atoms with E-state index in [9.17, 15) is 9.59 Å². The van der Waals surface area contributed by atoms with E-state index in [0.717, 1.165) is 19.3 Å². The maximum Gasteiger partial charge on any atom is 0.310 e. The lowest BCUT2D eigenvalue weighted by atomic mass is 9.48. The molecule has 14 heavy (non-hydrogen) atoms. The molecule has 2 aliphatic rings. The summed E-state index contributed by atoms with van der Waals surface area (Å²) in [4.78, 5) is 21.8. The summed E-state index contributed by atoms with van der Waals surface area (Å²) >= 11 is 0. The Labute approximate surface area is 83.0 Å². The van der Waals surface area contributed by atoms with Gasteiger partial charge in [0.25, 0.3) is 0 Å². The molecule has 4 nitrogen and oxygen atoms in total. The van der Waals surface area contributed by atoms with Crippen molar-refractivity contribution < 1.29 is 14.3 Å². The molecule has 2 unspecified atom stereocenters. The van der Waals surface area contributed by atoms with E-state index in [1.807, 2.05) is 0 Å². The van der Waals surface area contributed by atoms with Gasteiger partial charge < -0.3 is 10.1 Å². The van der Waals surface area contributed by atoms with E-state index >= 15 is 0 Å². The first-order chi connectivity index (χ1) is 6.73. The zero-order valence-corrected chi connectivity index (χ0v) is 8.29. The number of nitrogens with one attached hydrogen (secondary N) is 1. The van der Waals surface area contributed by atoms with Gasteiger partial charge in [-0.25, -0.2) is 0 Å². The first-order valence-corrected chi connectivity index (χ1v) is 5.01. The van der Waals surface area contributed by atoms with Crippen LogP contribution < -0.4 is 5.32 Å². The van der Waals surface area contributed by atoms with Crippen LogP contribution >= 0.6 is 0 Å². The van der Waals surface area contributed by atoms with E-state index in [4.69, 9.17) is 4.74 Å². The van der Waals surface area contributed by atoms with Gasteiger partial charge in [0.05, 0.1) is 13.0 Å². The highest BCUT2D eigenvalue weighted by atomic mass is 16.5. The SMILES string of the molecule is COC(=O)C1CC2(CCC2)C1NC=O. The zero-order chi connectivity index (χ0) is 10.2. The summed E-state index contributed by atoms with van der Waals surface area (Å²) in [5.41, 5.74) is 0.222. The quantitative estimate of drug-likeness (QED) is 0.528. The third-order valence-electron chi connectivity index (χ3n) is 3.79. The standard InChI is InChI=1S/C10H15NO3/c1-14-9(13)7-5-10(3-2-4-10)8(7)11-6-12/h6-8H,2-5H2,1H3,(H,11,12). The highest BCUT2D eigenvalue weighted by Crippen LogP contribution is 2.58. The summed E-state index contributed by atoms with van der Waals surface area (Å²) in [6.07, 6.45) is 5.05. The molecule has 0 aromatic carbocycles. The summed E-state index contributed by atoms with van der Waals surface area (Å²) < 4.78 is 4.70. The minimum Gasteiger partial charge on any atom is -0.469 e. The molecular formula is C10H15NO3. The number of hydrogen-bond acceptors (Lipinski definition) is 3. The smallest absolute Gasteiger partial charge is 0.310 e. The fourth-order valence-electron chi connectivity index (χ4n) is 2.83. The topological polar surface area (TPSA) is 55.4 Å². The Morgan fingerprint density at radius 3 is 2.71 bits per heavy atom. The molecule has 2 rings (SSSR count). The van der Waals surface area contributed by atoms with Crippen molar-refractivity contribution in [3.8, 4) is 0 Å². The van der Waals surface area contributed by atoms with Gasteiger partial charge in [-0.3, -0.25) is 9.59 Å². The molecule has 0 bridgehead atoms. The summed E-state index contributed by atoms with van der Waals surface area (Å²) in [5.74, 6) is -0.313. The number of carbonyl (C=O) groups excluding carboxylic acids is 2. The molecule has 2 fully saturated rings. The molecule has 2 atom stereocenters. The number of rotatable bonds is 3. The summed E-state index contributed by atoms with van der Waals surface area (Å²) in [6.45, 7) is 0. The third-order valence-corrected chi connectivity index (χ3v) is 3.79. The van der Waals surface area contributed by atoms with Gasteiger partial charge in [-0.15, -0.1) is 0 Å². The molecule has 1 amide bonds. The fourth-order valence-corrected chi connectivity index (χ4v) is 2.83. The second kappa shape index (κ2) is 3.26. The first-order valence-electron chi connectivity index (χ1n) is 5.01. The number of methoxy groups -OCH3 is 1. The van der Waals surface area contributed by atoms with Gasteiger partial charge in [0.1, 0.15) is 0 Å². The third kappa shape index (κ3) is 1.13. The Morgan fingerprint density at radius 1 is 1.57 bits per heavy atom. The highest BCUT2D eigenvalue weighted by Gasteiger charge is 2.59. The van der Waals surface area contributed by atoms with Crippen LogP contribution in [0.5, 0.6) is 0 Å². The summed E-state index contributed by atoms with van der Waals surface area (Å²) in [6, 6.07) is 0.0150. The van der Waals surface area contributed by atoms with Crippen LogP contribution in [0.3, 0.4) is 0 Å². The van der Waals surface area contributed by atoms with E-state index in [2.05, 4.69) is 5.32 Å². The molecular weight excluding hydrogens is 182 g/mol. The molecule has 0 aromatic heterocycles. The predicted octanol–water partition coefficient (Wildman–Crippen LogP) is 0.464. The van der Waals surface area contributed by atoms with Crippen LogP contribution in [0.15, 0.2) is 0 Å². The summed E-state index contributed by atoms with van der Waals surface area (Å²) in [5, 5.41) is 2.76. The van der Waals surface area contributed by atoms with Crippen LogP contribution in [-0.2, 0) is 14.3 Å². The Bertz CT molecular complexity index is 260. The number of carbonyl (C=O) groups is 2. The first kappa shape index (κ1) is 9.49. The van der Waals surface area contributed by atoms with Crippen LogP contribution in [0.2, 0.25) is 0 Å². The molecule has 0 saturated heterocycles. The van der Waals surface area contributed by atoms with Gasteiger partial charge in [-0.1, -0.05) is 6.42 Å². The second-order valence-corrected chi connectivity index (χ2v) is 4.31. The van der Waals surface area contributed by atoms with Gasteiger partial charge in [0, 0.05) is 6.04 Å². The van der Waals surface area contributed by atoms with Crippen LogP contribution in [0.1, 0.15) is 25.7 Å². The molecule has 0 radical (unpaired) electrons.